The van der Waals surface area contributed by atoms with Crippen molar-refractivity contribution in [3.8, 4) is 0 Å². The Hall–Kier alpha value is -1.43. The van der Waals surface area contributed by atoms with Crippen molar-refractivity contribution >= 4 is 17.7 Å². The second-order valence-corrected chi connectivity index (χ2v) is 8.17. The Kier molecular flexibility index (Phi) is 10.6. The van der Waals surface area contributed by atoms with E-state index in [1.165, 1.54) is 6.42 Å². The standard InChI is InChI=1S/C21H36O6/c1-5-25-19(23)14-10-9-13-17(20(24)27-21(2,3)4)18(22)15-26-16-11-7-6-8-12-16/h16-17H,5-15H2,1-4H3. The molecular formula is C21H36O6. The summed E-state index contributed by atoms with van der Waals surface area (Å²) in [5, 5.41) is 0. The highest BCUT2D eigenvalue weighted by molar-refractivity contribution is 5.99. The average molecular weight is 385 g/mol. The first-order chi connectivity index (χ1) is 12.7. The number of ketones is 1. The predicted molar refractivity (Wildman–Crippen MR) is 102 cm³/mol. The number of ether oxygens (including phenoxy) is 3. The van der Waals surface area contributed by atoms with E-state index in [0.717, 1.165) is 25.7 Å². The summed E-state index contributed by atoms with van der Waals surface area (Å²) < 4.78 is 16.1. The summed E-state index contributed by atoms with van der Waals surface area (Å²) in [6.45, 7) is 7.42. The van der Waals surface area contributed by atoms with Crippen molar-refractivity contribution in [1.29, 1.82) is 0 Å². The first-order valence-corrected chi connectivity index (χ1v) is 10.3. The Labute approximate surface area is 163 Å². The molecule has 0 N–H and O–H groups in total. The van der Waals surface area contributed by atoms with Gasteiger partial charge < -0.3 is 14.2 Å². The zero-order valence-corrected chi connectivity index (χ0v) is 17.4. The van der Waals surface area contributed by atoms with Crippen LogP contribution in [0.5, 0.6) is 0 Å². The highest BCUT2D eigenvalue weighted by atomic mass is 16.6. The Balaban J connectivity index is 2.53. The van der Waals surface area contributed by atoms with Gasteiger partial charge in [0.15, 0.2) is 5.78 Å². The Morgan fingerprint density at radius 3 is 2.30 bits per heavy atom. The van der Waals surface area contributed by atoms with E-state index in [-0.39, 0.29) is 24.5 Å². The van der Waals surface area contributed by atoms with Crippen LogP contribution in [0.4, 0.5) is 0 Å². The molecule has 1 atom stereocenters. The SMILES string of the molecule is CCOC(=O)CCCCC(C(=O)COC1CCCCC1)C(=O)OC(C)(C)C. The third kappa shape index (κ3) is 10.5. The molecule has 1 fully saturated rings. The lowest BCUT2D eigenvalue weighted by Crippen LogP contribution is -2.35. The summed E-state index contributed by atoms with van der Waals surface area (Å²) in [6, 6.07) is 0. The average Bonchev–Trinajstić information content (AvgIpc) is 2.59. The van der Waals surface area contributed by atoms with Gasteiger partial charge in [-0.15, -0.1) is 0 Å². The number of esters is 2. The van der Waals surface area contributed by atoms with Crippen LogP contribution < -0.4 is 0 Å². The second kappa shape index (κ2) is 12.1. The van der Waals surface area contributed by atoms with Crippen LogP contribution in [0.3, 0.4) is 0 Å². The summed E-state index contributed by atoms with van der Waals surface area (Å²) in [5.41, 5.74) is -0.648. The number of hydrogen-bond acceptors (Lipinski definition) is 6. The molecule has 0 heterocycles. The summed E-state index contributed by atoms with van der Waals surface area (Å²) in [7, 11) is 0. The summed E-state index contributed by atoms with van der Waals surface area (Å²) in [6.07, 6.45) is 7.36. The van der Waals surface area contributed by atoms with Gasteiger partial charge in [-0.1, -0.05) is 25.7 Å². The summed E-state index contributed by atoms with van der Waals surface area (Å²) >= 11 is 0. The van der Waals surface area contributed by atoms with Gasteiger partial charge in [-0.2, -0.15) is 0 Å². The third-order valence-electron chi connectivity index (χ3n) is 4.52. The molecule has 0 bridgehead atoms. The van der Waals surface area contributed by atoms with Gasteiger partial charge in [0.1, 0.15) is 18.1 Å². The van der Waals surface area contributed by atoms with Crippen molar-refractivity contribution in [3.05, 3.63) is 0 Å². The summed E-state index contributed by atoms with van der Waals surface area (Å²) in [5.74, 6) is -1.82. The number of unbranched alkanes of at least 4 members (excludes halogenated alkanes) is 1. The first-order valence-electron chi connectivity index (χ1n) is 10.3. The van der Waals surface area contributed by atoms with Crippen LogP contribution in [-0.2, 0) is 28.6 Å². The van der Waals surface area contributed by atoms with Gasteiger partial charge in [0.2, 0.25) is 0 Å². The molecule has 156 valence electrons. The van der Waals surface area contributed by atoms with E-state index in [0.29, 0.717) is 32.3 Å². The lowest BCUT2D eigenvalue weighted by atomic mass is 9.95. The van der Waals surface area contributed by atoms with Gasteiger partial charge in [0.25, 0.3) is 0 Å². The van der Waals surface area contributed by atoms with E-state index in [1.54, 1.807) is 27.7 Å². The van der Waals surface area contributed by atoms with Crippen LogP contribution in [0.25, 0.3) is 0 Å². The van der Waals surface area contributed by atoms with E-state index >= 15 is 0 Å². The highest BCUT2D eigenvalue weighted by Crippen LogP contribution is 2.22. The van der Waals surface area contributed by atoms with Gasteiger partial charge >= 0.3 is 11.9 Å². The monoisotopic (exact) mass is 384 g/mol. The molecule has 0 aromatic carbocycles. The highest BCUT2D eigenvalue weighted by Gasteiger charge is 2.31. The number of rotatable bonds is 11. The topological polar surface area (TPSA) is 78.9 Å². The molecule has 1 saturated carbocycles. The maximum atomic E-state index is 12.6. The number of hydrogen-bond donors (Lipinski definition) is 0. The zero-order chi connectivity index (χ0) is 20.3. The van der Waals surface area contributed by atoms with E-state index < -0.39 is 17.5 Å². The van der Waals surface area contributed by atoms with Crippen molar-refractivity contribution in [2.24, 2.45) is 5.92 Å². The largest absolute Gasteiger partial charge is 0.466 e. The molecule has 0 spiro atoms. The molecule has 1 aliphatic carbocycles. The smallest absolute Gasteiger partial charge is 0.317 e. The van der Waals surface area contributed by atoms with Gasteiger partial charge in [0, 0.05) is 6.42 Å². The fraction of sp³-hybridized carbons (Fsp3) is 0.857. The maximum absolute atomic E-state index is 12.6. The van der Waals surface area contributed by atoms with E-state index in [2.05, 4.69) is 0 Å². The van der Waals surface area contributed by atoms with Crippen LogP contribution in [-0.4, -0.2) is 42.6 Å². The molecule has 0 saturated heterocycles. The zero-order valence-electron chi connectivity index (χ0n) is 17.4. The molecule has 0 amide bonds. The first kappa shape index (κ1) is 23.6. The van der Waals surface area contributed by atoms with Crippen LogP contribution in [0, 0.1) is 5.92 Å². The van der Waals surface area contributed by atoms with Crippen LogP contribution in [0.2, 0.25) is 0 Å². The Morgan fingerprint density at radius 1 is 1.04 bits per heavy atom. The normalized spacial score (nSPS) is 16.6. The molecule has 0 aliphatic heterocycles. The Morgan fingerprint density at radius 2 is 1.70 bits per heavy atom. The van der Waals surface area contributed by atoms with Crippen molar-refractivity contribution in [3.63, 3.8) is 0 Å². The van der Waals surface area contributed by atoms with Crippen molar-refractivity contribution < 1.29 is 28.6 Å². The fourth-order valence-electron chi connectivity index (χ4n) is 3.17. The molecule has 6 heteroatoms. The van der Waals surface area contributed by atoms with Crippen molar-refractivity contribution in [1.82, 2.24) is 0 Å². The van der Waals surface area contributed by atoms with E-state index in [1.807, 2.05) is 0 Å². The second-order valence-electron chi connectivity index (χ2n) is 8.17. The number of Topliss-reactive ketones (excluding diaryl/α,β-unsaturated/α-hetero) is 1. The fourth-order valence-corrected chi connectivity index (χ4v) is 3.17. The maximum Gasteiger partial charge on any atom is 0.317 e. The van der Waals surface area contributed by atoms with Gasteiger partial charge in [-0.05, 0) is 53.4 Å². The molecular weight excluding hydrogens is 348 g/mol. The van der Waals surface area contributed by atoms with Gasteiger partial charge in [0.05, 0.1) is 12.7 Å². The quantitative estimate of drug-likeness (QED) is 0.304. The minimum absolute atomic E-state index is 0.0492. The molecule has 0 radical (unpaired) electrons. The molecule has 0 aromatic heterocycles. The minimum Gasteiger partial charge on any atom is -0.466 e. The van der Waals surface area contributed by atoms with E-state index in [9.17, 15) is 14.4 Å². The number of carbonyl (C=O) groups is 3. The summed E-state index contributed by atoms with van der Waals surface area (Å²) in [4.78, 5) is 36.5. The predicted octanol–water partition coefficient (Wildman–Crippen LogP) is 3.99. The third-order valence-corrected chi connectivity index (χ3v) is 4.52. The van der Waals surface area contributed by atoms with Crippen LogP contribution >= 0.6 is 0 Å². The van der Waals surface area contributed by atoms with Gasteiger partial charge in [-0.3, -0.25) is 14.4 Å². The molecule has 1 unspecified atom stereocenters. The molecule has 27 heavy (non-hydrogen) atoms. The van der Waals surface area contributed by atoms with Crippen molar-refractivity contribution in [2.75, 3.05) is 13.2 Å². The molecule has 6 nitrogen and oxygen atoms in total. The minimum atomic E-state index is -0.838. The molecule has 1 aliphatic rings. The lowest BCUT2D eigenvalue weighted by molar-refractivity contribution is -0.163. The molecule has 1 rings (SSSR count). The lowest BCUT2D eigenvalue weighted by Gasteiger charge is -2.25. The van der Waals surface area contributed by atoms with Crippen LogP contribution in [0.1, 0.15) is 85.5 Å². The Bertz CT molecular complexity index is 474. The molecule has 0 aromatic rings. The number of carbonyl (C=O) groups excluding carboxylic acids is 3. The van der Waals surface area contributed by atoms with E-state index in [4.69, 9.17) is 14.2 Å². The van der Waals surface area contributed by atoms with Crippen LogP contribution in [0.15, 0.2) is 0 Å². The van der Waals surface area contributed by atoms with Crippen molar-refractivity contribution in [2.45, 2.75) is 97.2 Å². The van der Waals surface area contributed by atoms with Gasteiger partial charge in [-0.25, -0.2) is 0 Å².